The smallest absolute Gasteiger partial charge is 0.349 e. The molecule has 0 atom stereocenters. The molecular weight excluding hydrogens is 466 g/mol. The zero-order chi connectivity index (χ0) is 23.6. The van der Waals surface area contributed by atoms with Crippen LogP contribution in [-0.4, -0.2) is 43.4 Å². The lowest BCUT2D eigenvalue weighted by Gasteiger charge is -2.12. The molecule has 0 saturated heterocycles. The van der Waals surface area contributed by atoms with Crippen LogP contribution < -0.4 is 10.5 Å². The fraction of sp³-hybridized carbons (Fsp3) is 0.190. The van der Waals surface area contributed by atoms with E-state index in [4.69, 9.17) is 26.8 Å². The van der Waals surface area contributed by atoms with E-state index < -0.39 is 48.4 Å². The standard InChI is InChI=1S/C21H17ClF2N2O5S/c1-26(2)16(27)9-31-21(29)19-11(17-12(22)4-3-5-15(17)32-19)8-30-18-13(23)6-10(20(25)28)7-14(18)24/h3-7H,8-9H2,1-2H3,(H2,25,28). The van der Waals surface area contributed by atoms with Gasteiger partial charge in [-0.05, 0) is 24.3 Å². The second-order valence-electron chi connectivity index (χ2n) is 6.81. The summed E-state index contributed by atoms with van der Waals surface area (Å²) in [5, 5.41) is 0.755. The maximum Gasteiger partial charge on any atom is 0.349 e. The van der Waals surface area contributed by atoms with Gasteiger partial charge in [0.15, 0.2) is 24.0 Å². The summed E-state index contributed by atoms with van der Waals surface area (Å²) in [6.45, 7) is -0.911. The van der Waals surface area contributed by atoms with E-state index in [0.29, 0.717) is 15.1 Å². The van der Waals surface area contributed by atoms with Crippen LogP contribution in [-0.2, 0) is 16.1 Å². The predicted octanol–water partition coefficient (Wildman–Crippen LogP) is 3.76. The van der Waals surface area contributed by atoms with Gasteiger partial charge < -0.3 is 20.1 Å². The summed E-state index contributed by atoms with van der Waals surface area (Å²) in [5.41, 5.74) is 4.94. The predicted molar refractivity (Wildman–Crippen MR) is 115 cm³/mol. The van der Waals surface area contributed by atoms with E-state index in [1.54, 1.807) is 18.2 Å². The molecule has 0 spiro atoms. The molecule has 0 fully saturated rings. The van der Waals surface area contributed by atoms with Crippen LogP contribution in [0, 0.1) is 11.6 Å². The van der Waals surface area contributed by atoms with Crippen molar-refractivity contribution in [3.63, 3.8) is 0 Å². The number of carbonyl (C=O) groups excluding carboxylic acids is 3. The molecule has 32 heavy (non-hydrogen) atoms. The number of nitrogens with two attached hydrogens (primary N) is 1. The summed E-state index contributed by atoms with van der Waals surface area (Å²) in [4.78, 5) is 36.9. The summed E-state index contributed by atoms with van der Waals surface area (Å²) < 4.78 is 39.6. The minimum Gasteiger partial charge on any atom is -0.483 e. The first kappa shape index (κ1) is 23.4. The number of ether oxygens (including phenoxy) is 2. The van der Waals surface area contributed by atoms with E-state index in [1.807, 2.05) is 0 Å². The molecule has 1 heterocycles. The third kappa shape index (κ3) is 4.81. The van der Waals surface area contributed by atoms with Crippen molar-refractivity contribution in [2.24, 2.45) is 5.73 Å². The molecule has 0 radical (unpaired) electrons. The van der Waals surface area contributed by atoms with Crippen molar-refractivity contribution in [1.29, 1.82) is 0 Å². The van der Waals surface area contributed by atoms with Crippen LogP contribution in [0.1, 0.15) is 25.6 Å². The molecule has 2 amide bonds. The molecule has 1 aromatic heterocycles. The van der Waals surface area contributed by atoms with Crippen molar-refractivity contribution in [3.05, 3.63) is 63.0 Å². The van der Waals surface area contributed by atoms with Gasteiger partial charge in [0.2, 0.25) is 5.91 Å². The Balaban J connectivity index is 1.95. The fourth-order valence-electron chi connectivity index (χ4n) is 2.78. The maximum atomic E-state index is 14.3. The van der Waals surface area contributed by atoms with Gasteiger partial charge in [0.05, 0.1) is 0 Å². The van der Waals surface area contributed by atoms with Gasteiger partial charge in [-0.1, -0.05) is 17.7 Å². The van der Waals surface area contributed by atoms with Crippen LogP contribution >= 0.6 is 22.9 Å². The SMILES string of the molecule is CN(C)C(=O)COC(=O)c1sc2cccc(Cl)c2c1COc1c(F)cc(C(N)=O)cc1F. The van der Waals surface area contributed by atoms with Crippen molar-refractivity contribution in [2.75, 3.05) is 20.7 Å². The van der Waals surface area contributed by atoms with E-state index >= 15 is 0 Å². The Hall–Kier alpha value is -3.24. The number of halogens is 3. The normalized spacial score (nSPS) is 10.8. The molecule has 3 rings (SSSR count). The molecule has 2 N–H and O–H groups in total. The summed E-state index contributed by atoms with van der Waals surface area (Å²) in [7, 11) is 3.03. The lowest BCUT2D eigenvalue weighted by atomic mass is 10.1. The quantitative estimate of drug-likeness (QED) is 0.517. The number of carbonyl (C=O) groups is 3. The summed E-state index contributed by atoms with van der Waals surface area (Å²) >= 11 is 7.33. The van der Waals surface area contributed by atoms with Crippen molar-refractivity contribution < 1.29 is 32.6 Å². The van der Waals surface area contributed by atoms with Gasteiger partial charge in [-0.25, -0.2) is 13.6 Å². The van der Waals surface area contributed by atoms with E-state index in [-0.39, 0.29) is 16.0 Å². The number of primary amides is 1. The molecule has 0 saturated carbocycles. The first-order valence-corrected chi connectivity index (χ1v) is 10.3. The molecule has 7 nitrogen and oxygen atoms in total. The highest BCUT2D eigenvalue weighted by Crippen LogP contribution is 2.37. The van der Waals surface area contributed by atoms with Crippen LogP contribution in [0.25, 0.3) is 10.1 Å². The Morgan fingerprint density at radius 2 is 1.81 bits per heavy atom. The molecule has 168 valence electrons. The van der Waals surface area contributed by atoms with Crippen molar-refractivity contribution >= 4 is 50.8 Å². The highest BCUT2D eigenvalue weighted by atomic mass is 35.5. The van der Waals surface area contributed by atoms with Gasteiger partial charge in [-0.15, -0.1) is 11.3 Å². The summed E-state index contributed by atoms with van der Waals surface area (Å²) in [6.07, 6.45) is 0. The number of nitrogens with zero attached hydrogens (tertiary/aromatic N) is 1. The van der Waals surface area contributed by atoms with Crippen molar-refractivity contribution in [1.82, 2.24) is 4.90 Å². The van der Waals surface area contributed by atoms with Crippen molar-refractivity contribution in [3.8, 4) is 5.75 Å². The average molecular weight is 483 g/mol. The largest absolute Gasteiger partial charge is 0.483 e. The lowest BCUT2D eigenvalue weighted by molar-refractivity contribution is -0.131. The van der Waals surface area contributed by atoms with Crippen LogP contribution in [0.4, 0.5) is 8.78 Å². The van der Waals surface area contributed by atoms with Gasteiger partial charge in [-0.2, -0.15) is 0 Å². The number of likely N-dealkylation sites (N-methyl/N-ethyl adjacent to an activating group) is 1. The third-order valence-corrected chi connectivity index (χ3v) is 5.91. The molecule has 0 aliphatic heterocycles. The number of rotatable bonds is 7. The number of thiophene rings is 1. The second-order valence-corrected chi connectivity index (χ2v) is 8.27. The Morgan fingerprint density at radius 3 is 2.41 bits per heavy atom. The van der Waals surface area contributed by atoms with E-state index in [1.165, 1.54) is 19.0 Å². The number of hydrogen-bond donors (Lipinski definition) is 1. The molecule has 0 aliphatic rings. The summed E-state index contributed by atoms with van der Waals surface area (Å²) in [5.74, 6) is -5.24. The first-order chi connectivity index (χ1) is 15.1. The van der Waals surface area contributed by atoms with Crippen LogP contribution in [0.3, 0.4) is 0 Å². The average Bonchev–Trinajstić information content (AvgIpc) is 3.10. The number of amides is 2. The van der Waals surface area contributed by atoms with Crippen LogP contribution in [0.2, 0.25) is 5.02 Å². The fourth-order valence-corrected chi connectivity index (χ4v) is 4.25. The second kappa shape index (κ2) is 9.49. The highest BCUT2D eigenvalue weighted by Gasteiger charge is 2.24. The Morgan fingerprint density at radius 1 is 1.16 bits per heavy atom. The van der Waals surface area contributed by atoms with Crippen LogP contribution in [0.15, 0.2) is 30.3 Å². The topological polar surface area (TPSA) is 98.9 Å². The molecule has 11 heteroatoms. The van der Waals surface area contributed by atoms with Crippen molar-refractivity contribution in [2.45, 2.75) is 6.61 Å². The molecule has 0 unspecified atom stereocenters. The number of fused-ring (bicyclic) bond motifs is 1. The Kier molecular flexibility index (Phi) is 6.95. The Labute approximate surface area is 190 Å². The molecule has 3 aromatic rings. The minimum absolute atomic E-state index is 0.0780. The van der Waals surface area contributed by atoms with Gasteiger partial charge in [0, 0.05) is 40.3 Å². The zero-order valence-electron chi connectivity index (χ0n) is 16.9. The van der Waals surface area contributed by atoms with E-state index in [9.17, 15) is 23.2 Å². The maximum absolute atomic E-state index is 14.3. The highest BCUT2D eigenvalue weighted by molar-refractivity contribution is 7.21. The molecule has 0 bridgehead atoms. The van der Waals surface area contributed by atoms with E-state index in [0.717, 1.165) is 23.5 Å². The minimum atomic E-state index is -1.13. The van der Waals surface area contributed by atoms with Gasteiger partial charge in [0.1, 0.15) is 11.5 Å². The number of esters is 1. The van der Waals surface area contributed by atoms with Gasteiger partial charge >= 0.3 is 5.97 Å². The number of hydrogen-bond acceptors (Lipinski definition) is 6. The molecule has 2 aromatic carbocycles. The summed E-state index contributed by atoms with van der Waals surface area (Å²) in [6, 6.07) is 6.48. The first-order valence-electron chi connectivity index (χ1n) is 9.09. The molecule has 0 aliphatic carbocycles. The van der Waals surface area contributed by atoms with E-state index in [2.05, 4.69) is 0 Å². The molecular formula is C21H17ClF2N2O5S. The van der Waals surface area contributed by atoms with Crippen LogP contribution in [0.5, 0.6) is 5.75 Å². The van der Waals surface area contributed by atoms with Gasteiger partial charge in [0.25, 0.3) is 5.91 Å². The zero-order valence-corrected chi connectivity index (χ0v) is 18.5. The Bertz CT molecular complexity index is 1210. The lowest BCUT2D eigenvalue weighted by Crippen LogP contribution is -2.27. The van der Waals surface area contributed by atoms with Gasteiger partial charge in [-0.3, -0.25) is 9.59 Å². The third-order valence-electron chi connectivity index (χ3n) is 4.42. The monoisotopic (exact) mass is 482 g/mol. The number of benzene rings is 2.